The van der Waals surface area contributed by atoms with Gasteiger partial charge in [-0.2, -0.15) is 0 Å². The van der Waals surface area contributed by atoms with Crippen molar-refractivity contribution in [1.82, 2.24) is 5.32 Å². The molecule has 0 unspecified atom stereocenters. The predicted octanol–water partition coefficient (Wildman–Crippen LogP) is 2.00. The molecule has 172 valence electrons. The fourth-order valence-corrected chi connectivity index (χ4v) is 3.21. The number of anilines is 1. The molecule has 0 bridgehead atoms. The van der Waals surface area contributed by atoms with Gasteiger partial charge in [-0.3, -0.25) is 14.9 Å². The Balaban J connectivity index is 1.93. The Labute approximate surface area is 190 Å². The van der Waals surface area contributed by atoms with Gasteiger partial charge in [-0.05, 0) is 54.3 Å². The SMILES string of the molecule is CCOc1cc(/C=C2\C(=O)NC(=O)N(c3ccc(C(C)C)cc3)C2=O)ccc1OCC(=O)[O-]. The minimum absolute atomic E-state index is 0.171. The van der Waals surface area contributed by atoms with E-state index in [9.17, 15) is 24.3 Å². The van der Waals surface area contributed by atoms with Crippen LogP contribution in [0.4, 0.5) is 10.5 Å². The third kappa shape index (κ3) is 5.38. The van der Waals surface area contributed by atoms with Crippen LogP contribution in [0.25, 0.3) is 6.08 Å². The van der Waals surface area contributed by atoms with E-state index in [1.54, 1.807) is 19.1 Å². The summed E-state index contributed by atoms with van der Waals surface area (Å²) in [7, 11) is 0. The third-order valence-corrected chi connectivity index (χ3v) is 4.84. The summed E-state index contributed by atoms with van der Waals surface area (Å²) in [4.78, 5) is 49.5. The number of nitrogens with one attached hydrogen (secondary N) is 1. The van der Waals surface area contributed by atoms with Crippen molar-refractivity contribution < 1.29 is 33.8 Å². The molecule has 1 N–H and O–H groups in total. The van der Waals surface area contributed by atoms with E-state index in [2.05, 4.69) is 5.32 Å². The topological polar surface area (TPSA) is 125 Å². The number of hydrogen-bond acceptors (Lipinski definition) is 7. The lowest BCUT2D eigenvalue weighted by molar-refractivity contribution is -0.307. The number of carbonyl (C=O) groups excluding carboxylic acids is 4. The van der Waals surface area contributed by atoms with Gasteiger partial charge >= 0.3 is 6.03 Å². The van der Waals surface area contributed by atoms with Gasteiger partial charge in [-0.15, -0.1) is 0 Å². The molecule has 0 aromatic heterocycles. The molecular weight excluding hydrogens is 428 g/mol. The molecule has 3 rings (SSSR count). The number of rotatable bonds is 8. The van der Waals surface area contributed by atoms with Crippen LogP contribution in [-0.4, -0.2) is 37.0 Å². The number of amides is 4. The molecule has 1 aliphatic heterocycles. The second-order valence-electron chi connectivity index (χ2n) is 7.50. The largest absolute Gasteiger partial charge is 0.546 e. The van der Waals surface area contributed by atoms with Crippen molar-refractivity contribution in [3.05, 3.63) is 59.2 Å². The van der Waals surface area contributed by atoms with E-state index < -0.39 is 30.4 Å². The number of benzene rings is 2. The number of ether oxygens (including phenoxy) is 2. The van der Waals surface area contributed by atoms with Crippen LogP contribution in [0.15, 0.2) is 48.0 Å². The van der Waals surface area contributed by atoms with Crippen LogP contribution in [0.1, 0.15) is 37.8 Å². The van der Waals surface area contributed by atoms with Gasteiger partial charge in [0.15, 0.2) is 11.5 Å². The van der Waals surface area contributed by atoms with Crippen LogP contribution < -0.4 is 24.8 Å². The lowest BCUT2D eigenvalue weighted by Crippen LogP contribution is -2.54. The number of aliphatic carboxylic acids is 1. The van der Waals surface area contributed by atoms with E-state index in [0.29, 0.717) is 11.3 Å². The summed E-state index contributed by atoms with van der Waals surface area (Å²) in [6, 6.07) is 10.6. The average molecular weight is 451 g/mol. The van der Waals surface area contributed by atoms with E-state index in [0.717, 1.165) is 10.5 Å². The summed E-state index contributed by atoms with van der Waals surface area (Å²) in [5, 5.41) is 12.8. The van der Waals surface area contributed by atoms with Crippen LogP contribution in [0.2, 0.25) is 0 Å². The molecule has 0 atom stereocenters. The van der Waals surface area contributed by atoms with E-state index >= 15 is 0 Å². The van der Waals surface area contributed by atoms with Crippen LogP contribution >= 0.6 is 0 Å². The Hall–Kier alpha value is -4.14. The maximum absolute atomic E-state index is 13.1. The molecule has 0 spiro atoms. The van der Waals surface area contributed by atoms with E-state index in [4.69, 9.17) is 9.47 Å². The molecule has 0 aliphatic carbocycles. The van der Waals surface area contributed by atoms with E-state index in [-0.39, 0.29) is 29.6 Å². The molecule has 2 aromatic rings. The van der Waals surface area contributed by atoms with E-state index in [1.807, 2.05) is 26.0 Å². The molecule has 0 radical (unpaired) electrons. The average Bonchev–Trinajstić information content (AvgIpc) is 2.76. The predicted molar refractivity (Wildman–Crippen MR) is 118 cm³/mol. The number of carbonyl (C=O) groups is 4. The molecule has 2 aromatic carbocycles. The smallest absolute Gasteiger partial charge is 0.335 e. The van der Waals surface area contributed by atoms with Gasteiger partial charge in [0.1, 0.15) is 12.2 Å². The molecule has 0 saturated carbocycles. The van der Waals surface area contributed by atoms with Gasteiger partial charge in [0, 0.05) is 0 Å². The van der Waals surface area contributed by atoms with Crippen molar-refractivity contribution >= 4 is 35.6 Å². The third-order valence-electron chi connectivity index (χ3n) is 4.84. The highest BCUT2D eigenvalue weighted by molar-refractivity contribution is 6.39. The minimum atomic E-state index is -1.39. The second kappa shape index (κ2) is 9.99. The first-order valence-corrected chi connectivity index (χ1v) is 10.3. The Bertz CT molecular complexity index is 1120. The number of carboxylic acids is 1. The molecule has 9 heteroatoms. The number of urea groups is 1. The second-order valence-corrected chi connectivity index (χ2v) is 7.50. The summed E-state index contributed by atoms with van der Waals surface area (Å²) in [6.07, 6.45) is 1.32. The lowest BCUT2D eigenvalue weighted by atomic mass is 10.0. The minimum Gasteiger partial charge on any atom is -0.546 e. The van der Waals surface area contributed by atoms with Gasteiger partial charge in [0.25, 0.3) is 11.8 Å². The maximum Gasteiger partial charge on any atom is 0.335 e. The van der Waals surface area contributed by atoms with Crippen LogP contribution in [0.3, 0.4) is 0 Å². The molecular formula is C24H23N2O7-. The van der Waals surface area contributed by atoms with Crippen molar-refractivity contribution in [3.63, 3.8) is 0 Å². The number of imide groups is 2. The Kier molecular flexibility index (Phi) is 7.12. The van der Waals surface area contributed by atoms with Gasteiger partial charge in [-0.1, -0.05) is 32.0 Å². The lowest BCUT2D eigenvalue weighted by Gasteiger charge is -2.26. The Morgan fingerprint density at radius 3 is 2.36 bits per heavy atom. The monoisotopic (exact) mass is 451 g/mol. The normalized spacial score (nSPS) is 15.1. The van der Waals surface area contributed by atoms with Crippen molar-refractivity contribution in [3.8, 4) is 11.5 Å². The Morgan fingerprint density at radius 2 is 1.76 bits per heavy atom. The first kappa shape index (κ1) is 23.5. The van der Waals surface area contributed by atoms with Crippen LogP contribution in [0.5, 0.6) is 11.5 Å². The van der Waals surface area contributed by atoms with Gasteiger partial charge < -0.3 is 19.4 Å². The van der Waals surface area contributed by atoms with Gasteiger partial charge in [0.05, 0.1) is 18.3 Å². The number of barbiturate groups is 1. The quantitative estimate of drug-likeness (QED) is 0.481. The van der Waals surface area contributed by atoms with Gasteiger partial charge in [-0.25, -0.2) is 9.69 Å². The number of nitrogens with zero attached hydrogens (tertiary/aromatic N) is 1. The molecule has 1 fully saturated rings. The summed E-state index contributed by atoms with van der Waals surface area (Å²) in [5.41, 5.74) is 1.55. The molecule has 1 heterocycles. The van der Waals surface area contributed by atoms with Crippen molar-refractivity contribution in [2.75, 3.05) is 18.1 Å². The molecule has 1 aliphatic rings. The highest BCUT2D eigenvalue weighted by atomic mass is 16.5. The highest BCUT2D eigenvalue weighted by Crippen LogP contribution is 2.30. The van der Waals surface area contributed by atoms with Crippen LogP contribution in [0, 0.1) is 0 Å². The molecule has 1 saturated heterocycles. The summed E-state index contributed by atoms with van der Waals surface area (Å²) < 4.78 is 10.6. The summed E-state index contributed by atoms with van der Waals surface area (Å²) in [5.74, 6) is -2.30. The highest BCUT2D eigenvalue weighted by Gasteiger charge is 2.36. The first-order chi connectivity index (χ1) is 15.7. The van der Waals surface area contributed by atoms with E-state index in [1.165, 1.54) is 24.3 Å². The standard InChI is InChI=1S/C24H24N2O7/c1-4-32-20-12-15(5-10-19(20)33-13-21(27)28)11-18-22(29)25-24(31)26(23(18)30)17-8-6-16(7-9-17)14(2)3/h5-12,14H,4,13H2,1-3H3,(H,27,28)(H,25,29,31)/p-1/b18-11+. The van der Waals surface area contributed by atoms with Crippen molar-refractivity contribution in [2.45, 2.75) is 26.7 Å². The first-order valence-electron chi connectivity index (χ1n) is 10.3. The van der Waals surface area contributed by atoms with Crippen LogP contribution in [-0.2, 0) is 14.4 Å². The zero-order valence-electron chi connectivity index (χ0n) is 18.4. The number of hydrogen-bond donors (Lipinski definition) is 1. The van der Waals surface area contributed by atoms with Gasteiger partial charge in [0.2, 0.25) is 0 Å². The Morgan fingerprint density at radius 1 is 1.06 bits per heavy atom. The van der Waals surface area contributed by atoms with Crippen molar-refractivity contribution in [1.29, 1.82) is 0 Å². The maximum atomic E-state index is 13.1. The number of carboxylic acid groups (broad SMARTS) is 1. The fraction of sp³-hybridized carbons (Fsp3) is 0.250. The fourth-order valence-electron chi connectivity index (χ4n) is 3.21. The summed E-state index contributed by atoms with van der Waals surface area (Å²) >= 11 is 0. The summed E-state index contributed by atoms with van der Waals surface area (Å²) in [6.45, 7) is 5.40. The molecule has 4 amide bonds. The molecule has 9 nitrogen and oxygen atoms in total. The van der Waals surface area contributed by atoms with Crippen molar-refractivity contribution in [2.24, 2.45) is 0 Å². The zero-order chi connectivity index (χ0) is 24.1. The molecule has 33 heavy (non-hydrogen) atoms. The zero-order valence-corrected chi connectivity index (χ0v) is 18.4.